The Hall–Kier alpha value is -2.36. The predicted molar refractivity (Wildman–Crippen MR) is 109 cm³/mol. The minimum atomic E-state index is 1.05. The SMILES string of the molecule is c1cc(N2CCCCC2)c2ccc3c(N4CCCCC4)ccnc3c2n1. The van der Waals surface area contributed by atoms with Gasteiger partial charge in [0.05, 0.1) is 11.0 Å². The second-order valence-electron chi connectivity index (χ2n) is 7.61. The van der Waals surface area contributed by atoms with Gasteiger partial charge in [0.1, 0.15) is 0 Å². The molecule has 0 spiro atoms. The van der Waals surface area contributed by atoms with Crippen LogP contribution in [-0.2, 0) is 0 Å². The molecular weight excluding hydrogens is 320 g/mol. The lowest BCUT2D eigenvalue weighted by Gasteiger charge is -2.31. The number of benzene rings is 1. The molecule has 2 saturated heterocycles. The highest BCUT2D eigenvalue weighted by Gasteiger charge is 2.18. The molecule has 0 amide bonds. The van der Waals surface area contributed by atoms with Crippen molar-refractivity contribution < 1.29 is 0 Å². The Morgan fingerprint density at radius 1 is 0.538 bits per heavy atom. The van der Waals surface area contributed by atoms with E-state index in [1.807, 2.05) is 12.4 Å². The Labute approximate surface area is 154 Å². The summed E-state index contributed by atoms with van der Waals surface area (Å²) in [5.41, 5.74) is 4.73. The monoisotopic (exact) mass is 346 g/mol. The third-order valence-corrected chi connectivity index (χ3v) is 5.97. The summed E-state index contributed by atoms with van der Waals surface area (Å²) in [7, 11) is 0. The Morgan fingerprint density at radius 2 is 0.962 bits per heavy atom. The summed E-state index contributed by atoms with van der Waals surface area (Å²) in [5, 5.41) is 2.48. The number of piperidine rings is 2. The Balaban J connectivity index is 1.66. The highest BCUT2D eigenvalue weighted by atomic mass is 15.1. The van der Waals surface area contributed by atoms with E-state index in [4.69, 9.17) is 9.97 Å². The second-order valence-corrected chi connectivity index (χ2v) is 7.61. The van der Waals surface area contributed by atoms with Crippen LogP contribution in [0.2, 0.25) is 0 Å². The molecule has 4 heteroatoms. The van der Waals surface area contributed by atoms with Crippen LogP contribution >= 0.6 is 0 Å². The number of hydrogen-bond donors (Lipinski definition) is 0. The summed E-state index contributed by atoms with van der Waals surface area (Å²) in [6.07, 6.45) is 11.8. The molecule has 0 aliphatic carbocycles. The summed E-state index contributed by atoms with van der Waals surface area (Å²) in [6, 6.07) is 8.88. The first kappa shape index (κ1) is 15.9. The largest absolute Gasteiger partial charge is 0.371 e. The third kappa shape index (κ3) is 2.68. The number of hydrogen-bond acceptors (Lipinski definition) is 4. The summed E-state index contributed by atoms with van der Waals surface area (Å²) >= 11 is 0. The minimum absolute atomic E-state index is 1.05. The van der Waals surface area contributed by atoms with Crippen molar-refractivity contribution in [3.05, 3.63) is 36.7 Å². The molecule has 0 unspecified atom stereocenters. The normalized spacial score (nSPS) is 18.6. The van der Waals surface area contributed by atoms with Crippen molar-refractivity contribution in [2.45, 2.75) is 38.5 Å². The molecule has 0 bridgehead atoms. The van der Waals surface area contributed by atoms with Crippen LogP contribution in [0.25, 0.3) is 21.8 Å². The number of nitrogens with zero attached hydrogens (tertiary/aromatic N) is 4. The van der Waals surface area contributed by atoms with Crippen LogP contribution in [-0.4, -0.2) is 36.1 Å². The molecule has 0 N–H and O–H groups in total. The molecule has 26 heavy (non-hydrogen) atoms. The van der Waals surface area contributed by atoms with Crippen molar-refractivity contribution in [3.8, 4) is 0 Å². The van der Waals surface area contributed by atoms with Crippen LogP contribution < -0.4 is 9.80 Å². The molecule has 2 aromatic heterocycles. The van der Waals surface area contributed by atoms with E-state index in [0.29, 0.717) is 0 Å². The van der Waals surface area contributed by atoms with Crippen molar-refractivity contribution in [1.29, 1.82) is 0 Å². The van der Waals surface area contributed by atoms with Gasteiger partial charge < -0.3 is 9.80 Å². The van der Waals surface area contributed by atoms with Gasteiger partial charge in [0.15, 0.2) is 0 Å². The van der Waals surface area contributed by atoms with Gasteiger partial charge in [-0.2, -0.15) is 0 Å². The fraction of sp³-hybridized carbons (Fsp3) is 0.455. The van der Waals surface area contributed by atoms with Gasteiger partial charge >= 0.3 is 0 Å². The van der Waals surface area contributed by atoms with E-state index in [9.17, 15) is 0 Å². The Morgan fingerprint density at radius 3 is 1.38 bits per heavy atom. The standard InChI is InChI=1S/C22H26N4/c1-3-13-25(14-4-1)19-9-11-23-21-17(19)7-8-18-20(10-12-24-22(18)21)26-15-5-2-6-16-26/h7-12H,1-6,13-16H2. The van der Waals surface area contributed by atoms with Crippen LogP contribution in [0.5, 0.6) is 0 Å². The van der Waals surface area contributed by atoms with Crippen molar-refractivity contribution >= 4 is 33.2 Å². The molecule has 5 rings (SSSR count). The van der Waals surface area contributed by atoms with Gasteiger partial charge in [0.25, 0.3) is 0 Å². The van der Waals surface area contributed by atoms with Gasteiger partial charge in [-0.25, -0.2) is 0 Å². The van der Waals surface area contributed by atoms with Crippen LogP contribution in [0.3, 0.4) is 0 Å². The zero-order valence-electron chi connectivity index (χ0n) is 15.3. The molecule has 0 radical (unpaired) electrons. The van der Waals surface area contributed by atoms with Crippen LogP contribution in [0.1, 0.15) is 38.5 Å². The highest BCUT2D eigenvalue weighted by molar-refractivity contribution is 6.10. The Bertz CT molecular complexity index is 847. The van der Waals surface area contributed by atoms with E-state index >= 15 is 0 Å². The predicted octanol–water partition coefficient (Wildman–Crippen LogP) is 4.76. The second kappa shape index (κ2) is 6.75. The molecule has 1 aromatic carbocycles. The first-order valence-electron chi connectivity index (χ1n) is 10.1. The zero-order chi connectivity index (χ0) is 17.3. The molecule has 2 fully saturated rings. The number of rotatable bonds is 2. The van der Waals surface area contributed by atoms with Gasteiger partial charge in [-0.05, 0) is 62.8 Å². The van der Waals surface area contributed by atoms with Crippen LogP contribution in [0.15, 0.2) is 36.7 Å². The molecule has 0 saturated carbocycles. The zero-order valence-corrected chi connectivity index (χ0v) is 15.3. The fourth-order valence-electron chi connectivity index (χ4n) is 4.62. The fourth-order valence-corrected chi connectivity index (χ4v) is 4.62. The summed E-state index contributed by atoms with van der Waals surface area (Å²) < 4.78 is 0. The highest BCUT2D eigenvalue weighted by Crippen LogP contribution is 2.35. The maximum absolute atomic E-state index is 4.74. The molecule has 2 aliphatic rings. The van der Waals surface area contributed by atoms with Crippen molar-refractivity contribution in [2.75, 3.05) is 36.0 Å². The van der Waals surface area contributed by atoms with E-state index < -0.39 is 0 Å². The number of fused-ring (bicyclic) bond motifs is 3. The maximum Gasteiger partial charge on any atom is 0.0986 e. The van der Waals surface area contributed by atoms with E-state index in [1.54, 1.807) is 0 Å². The molecule has 2 aliphatic heterocycles. The maximum atomic E-state index is 4.74. The Kier molecular flexibility index (Phi) is 4.12. The van der Waals surface area contributed by atoms with Gasteiger partial charge in [0.2, 0.25) is 0 Å². The summed E-state index contributed by atoms with van der Waals surface area (Å²) in [6.45, 7) is 4.60. The first-order chi connectivity index (χ1) is 12.9. The van der Waals surface area contributed by atoms with Gasteiger partial charge in [-0.15, -0.1) is 0 Å². The lowest BCUT2D eigenvalue weighted by molar-refractivity contribution is 0.579. The number of aromatic nitrogens is 2. The molecule has 3 aromatic rings. The van der Waals surface area contributed by atoms with Crippen LogP contribution in [0.4, 0.5) is 11.4 Å². The van der Waals surface area contributed by atoms with E-state index in [2.05, 4.69) is 34.1 Å². The molecule has 4 nitrogen and oxygen atoms in total. The first-order valence-corrected chi connectivity index (χ1v) is 10.1. The number of pyridine rings is 2. The minimum Gasteiger partial charge on any atom is -0.371 e. The summed E-state index contributed by atoms with van der Waals surface area (Å²) in [5.74, 6) is 0. The van der Waals surface area contributed by atoms with Gasteiger partial charge in [-0.1, -0.05) is 0 Å². The van der Waals surface area contributed by atoms with Crippen LogP contribution in [0, 0.1) is 0 Å². The van der Waals surface area contributed by atoms with Gasteiger partial charge in [0, 0.05) is 60.7 Å². The van der Waals surface area contributed by atoms with E-state index in [1.165, 1.54) is 60.7 Å². The van der Waals surface area contributed by atoms with E-state index in [0.717, 1.165) is 37.2 Å². The lowest BCUT2D eigenvalue weighted by atomic mass is 10.0. The topological polar surface area (TPSA) is 32.3 Å². The van der Waals surface area contributed by atoms with Gasteiger partial charge in [-0.3, -0.25) is 9.97 Å². The summed E-state index contributed by atoms with van der Waals surface area (Å²) in [4.78, 5) is 14.5. The third-order valence-electron chi connectivity index (χ3n) is 5.97. The van der Waals surface area contributed by atoms with E-state index in [-0.39, 0.29) is 0 Å². The quantitative estimate of drug-likeness (QED) is 0.626. The molecule has 4 heterocycles. The lowest BCUT2D eigenvalue weighted by Crippen LogP contribution is -2.29. The van der Waals surface area contributed by atoms with Crippen molar-refractivity contribution in [1.82, 2.24) is 9.97 Å². The van der Waals surface area contributed by atoms with Crippen molar-refractivity contribution in [2.24, 2.45) is 0 Å². The average molecular weight is 346 g/mol. The van der Waals surface area contributed by atoms with Crippen molar-refractivity contribution in [3.63, 3.8) is 0 Å². The smallest absolute Gasteiger partial charge is 0.0986 e. The number of anilines is 2. The average Bonchev–Trinajstić information content (AvgIpc) is 2.74. The molecular formula is C22H26N4. The molecule has 134 valence electrons. The molecule has 0 atom stereocenters.